The van der Waals surface area contributed by atoms with Gasteiger partial charge in [-0.15, -0.1) is 0 Å². The molecular formula is C11H15N3O4. The zero-order chi connectivity index (χ0) is 13.7. The summed E-state index contributed by atoms with van der Waals surface area (Å²) in [5.41, 5.74) is 0.217. The Balaban J connectivity index is 3.02. The maximum absolute atomic E-state index is 10.7. The largest absolute Gasteiger partial charge is 0.480 e. The second-order valence-electron chi connectivity index (χ2n) is 3.85. The van der Waals surface area contributed by atoms with Crippen molar-refractivity contribution >= 4 is 17.5 Å². The first kappa shape index (κ1) is 13.9. The standard InChI is InChI=1S/C11H15N3O4/c1-3-6-13(7-11(15)16)10-5-4-9(14(17)18)8(2)12-10/h4-5H,3,6-7H2,1-2H3,(H,15,16). The predicted octanol–water partition coefficient (Wildman–Crippen LogP) is 1.60. The average molecular weight is 253 g/mol. The topological polar surface area (TPSA) is 96.6 Å². The Morgan fingerprint density at radius 1 is 1.56 bits per heavy atom. The third-order valence-electron chi connectivity index (χ3n) is 2.38. The van der Waals surface area contributed by atoms with Crippen LogP contribution in [0.5, 0.6) is 0 Å². The van der Waals surface area contributed by atoms with E-state index in [9.17, 15) is 14.9 Å². The normalized spacial score (nSPS) is 10.1. The van der Waals surface area contributed by atoms with Crippen LogP contribution in [-0.2, 0) is 4.79 Å². The first-order valence-corrected chi connectivity index (χ1v) is 5.54. The number of aromatic nitrogens is 1. The molecule has 0 aliphatic rings. The third-order valence-corrected chi connectivity index (χ3v) is 2.38. The molecule has 0 spiro atoms. The Morgan fingerprint density at radius 3 is 2.67 bits per heavy atom. The number of nitro groups is 1. The van der Waals surface area contributed by atoms with E-state index in [1.54, 1.807) is 4.90 Å². The van der Waals surface area contributed by atoms with Gasteiger partial charge in [0.25, 0.3) is 5.69 Å². The molecule has 0 fully saturated rings. The lowest BCUT2D eigenvalue weighted by Crippen LogP contribution is -2.31. The first-order valence-electron chi connectivity index (χ1n) is 5.54. The number of aliphatic carboxylic acids is 1. The van der Waals surface area contributed by atoms with Crippen LogP contribution in [0.2, 0.25) is 0 Å². The van der Waals surface area contributed by atoms with Gasteiger partial charge in [0.1, 0.15) is 18.1 Å². The van der Waals surface area contributed by atoms with Gasteiger partial charge >= 0.3 is 5.97 Å². The van der Waals surface area contributed by atoms with E-state index in [0.717, 1.165) is 6.42 Å². The van der Waals surface area contributed by atoms with Crippen LogP contribution in [-0.4, -0.2) is 34.1 Å². The maximum atomic E-state index is 10.7. The summed E-state index contributed by atoms with van der Waals surface area (Å²) in [5.74, 6) is -0.511. The number of carbonyl (C=O) groups is 1. The minimum Gasteiger partial charge on any atom is -0.480 e. The molecule has 1 aromatic heterocycles. The van der Waals surface area contributed by atoms with Crippen molar-refractivity contribution in [1.29, 1.82) is 0 Å². The first-order chi connectivity index (χ1) is 8.45. The van der Waals surface area contributed by atoms with Gasteiger partial charge in [0, 0.05) is 12.6 Å². The second kappa shape index (κ2) is 5.95. The van der Waals surface area contributed by atoms with Gasteiger partial charge in [0.15, 0.2) is 0 Å². The molecule has 0 unspecified atom stereocenters. The SMILES string of the molecule is CCCN(CC(=O)O)c1ccc([N+](=O)[O-])c(C)n1. The molecule has 1 aromatic rings. The fourth-order valence-electron chi connectivity index (χ4n) is 1.62. The van der Waals surface area contributed by atoms with Crippen molar-refractivity contribution in [3.05, 3.63) is 27.9 Å². The average Bonchev–Trinajstić information content (AvgIpc) is 2.27. The van der Waals surface area contributed by atoms with E-state index in [2.05, 4.69) is 4.98 Å². The lowest BCUT2D eigenvalue weighted by atomic mass is 10.3. The third kappa shape index (κ3) is 3.41. The van der Waals surface area contributed by atoms with E-state index in [4.69, 9.17) is 5.11 Å². The van der Waals surface area contributed by atoms with Crippen LogP contribution in [0.3, 0.4) is 0 Å². The number of carboxylic acid groups (broad SMARTS) is 1. The number of nitrogens with zero attached hydrogens (tertiary/aromatic N) is 3. The van der Waals surface area contributed by atoms with E-state index in [1.807, 2.05) is 6.92 Å². The summed E-state index contributed by atoms with van der Waals surface area (Å²) in [4.78, 5) is 26.6. The Hall–Kier alpha value is -2.18. The van der Waals surface area contributed by atoms with Gasteiger partial charge in [-0.05, 0) is 19.4 Å². The highest BCUT2D eigenvalue weighted by molar-refractivity contribution is 5.73. The lowest BCUT2D eigenvalue weighted by molar-refractivity contribution is -0.385. The Morgan fingerprint density at radius 2 is 2.22 bits per heavy atom. The summed E-state index contributed by atoms with van der Waals surface area (Å²) in [6, 6.07) is 2.83. The Labute approximate surface area is 104 Å². The minimum atomic E-state index is -0.957. The molecule has 0 aliphatic carbocycles. The van der Waals surface area contributed by atoms with Crippen molar-refractivity contribution in [2.45, 2.75) is 20.3 Å². The highest BCUT2D eigenvalue weighted by Crippen LogP contribution is 2.20. The van der Waals surface area contributed by atoms with Gasteiger partial charge in [-0.1, -0.05) is 6.92 Å². The molecule has 0 saturated carbocycles. The molecule has 1 N–H and O–H groups in total. The highest BCUT2D eigenvalue weighted by Gasteiger charge is 2.16. The molecule has 0 atom stereocenters. The zero-order valence-electron chi connectivity index (χ0n) is 10.3. The number of hydrogen-bond donors (Lipinski definition) is 1. The van der Waals surface area contributed by atoms with Gasteiger partial charge in [0.05, 0.1) is 4.92 Å². The number of carboxylic acids is 1. The molecular weight excluding hydrogens is 238 g/mol. The van der Waals surface area contributed by atoms with Crippen LogP contribution in [0.1, 0.15) is 19.0 Å². The summed E-state index contributed by atoms with van der Waals surface area (Å²) in [7, 11) is 0. The van der Waals surface area contributed by atoms with Crippen molar-refractivity contribution in [3.8, 4) is 0 Å². The zero-order valence-corrected chi connectivity index (χ0v) is 10.3. The second-order valence-corrected chi connectivity index (χ2v) is 3.85. The van der Waals surface area contributed by atoms with Crippen LogP contribution in [0.4, 0.5) is 11.5 Å². The monoisotopic (exact) mass is 253 g/mol. The summed E-state index contributed by atoms with van der Waals surface area (Å²) in [5, 5.41) is 19.5. The van der Waals surface area contributed by atoms with Crippen molar-refractivity contribution in [1.82, 2.24) is 4.98 Å². The molecule has 0 saturated heterocycles. The van der Waals surface area contributed by atoms with Gasteiger partial charge in [-0.3, -0.25) is 14.9 Å². The molecule has 18 heavy (non-hydrogen) atoms. The molecule has 1 heterocycles. The Kier molecular flexibility index (Phi) is 4.59. The van der Waals surface area contributed by atoms with Crippen molar-refractivity contribution in [2.24, 2.45) is 0 Å². The molecule has 0 radical (unpaired) electrons. The Bertz CT molecular complexity index is 462. The van der Waals surface area contributed by atoms with E-state index < -0.39 is 10.9 Å². The summed E-state index contributed by atoms with van der Waals surface area (Å²) in [6.07, 6.45) is 0.769. The maximum Gasteiger partial charge on any atom is 0.323 e. The molecule has 7 heteroatoms. The van der Waals surface area contributed by atoms with Crippen LogP contribution in [0.25, 0.3) is 0 Å². The number of rotatable bonds is 6. The van der Waals surface area contributed by atoms with Crippen LogP contribution >= 0.6 is 0 Å². The summed E-state index contributed by atoms with van der Waals surface area (Å²) >= 11 is 0. The minimum absolute atomic E-state index is 0.0643. The van der Waals surface area contributed by atoms with Gasteiger partial charge in [-0.25, -0.2) is 4.98 Å². The number of hydrogen-bond acceptors (Lipinski definition) is 5. The fraction of sp³-hybridized carbons (Fsp3) is 0.455. The van der Waals surface area contributed by atoms with Crippen molar-refractivity contribution in [3.63, 3.8) is 0 Å². The van der Waals surface area contributed by atoms with E-state index in [1.165, 1.54) is 19.1 Å². The molecule has 7 nitrogen and oxygen atoms in total. The fourth-order valence-corrected chi connectivity index (χ4v) is 1.62. The van der Waals surface area contributed by atoms with Crippen molar-refractivity contribution in [2.75, 3.05) is 18.0 Å². The summed E-state index contributed by atoms with van der Waals surface area (Å²) in [6.45, 7) is 3.83. The number of aryl methyl sites for hydroxylation is 1. The summed E-state index contributed by atoms with van der Waals surface area (Å²) < 4.78 is 0. The predicted molar refractivity (Wildman–Crippen MR) is 65.8 cm³/mol. The number of anilines is 1. The molecule has 0 aromatic carbocycles. The van der Waals surface area contributed by atoms with Gasteiger partial charge < -0.3 is 10.0 Å². The lowest BCUT2D eigenvalue weighted by Gasteiger charge is -2.21. The quantitative estimate of drug-likeness (QED) is 0.611. The smallest absolute Gasteiger partial charge is 0.323 e. The van der Waals surface area contributed by atoms with Crippen LogP contribution in [0, 0.1) is 17.0 Å². The number of pyridine rings is 1. The molecule has 98 valence electrons. The van der Waals surface area contributed by atoms with Gasteiger partial charge in [0.2, 0.25) is 0 Å². The molecule has 0 aliphatic heterocycles. The van der Waals surface area contributed by atoms with Crippen LogP contribution < -0.4 is 4.90 Å². The van der Waals surface area contributed by atoms with E-state index in [-0.39, 0.29) is 17.9 Å². The molecule has 0 amide bonds. The van der Waals surface area contributed by atoms with Crippen molar-refractivity contribution < 1.29 is 14.8 Å². The van der Waals surface area contributed by atoms with E-state index >= 15 is 0 Å². The molecule has 0 bridgehead atoms. The van der Waals surface area contributed by atoms with Crippen LogP contribution in [0.15, 0.2) is 12.1 Å². The highest BCUT2D eigenvalue weighted by atomic mass is 16.6. The van der Waals surface area contributed by atoms with Gasteiger partial charge in [-0.2, -0.15) is 0 Å². The molecule has 1 rings (SSSR count). The van der Waals surface area contributed by atoms with E-state index in [0.29, 0.717) is 12.4 Å².